The molecule has 114 valence electrons. The highest BCUT2D eigenvalue weighted by Crippen LogP contribution is 2.48. The van der Waals surface area contributed by atoms with Crippen molar-refractivity contribution in [3.8, 4) is 5.75 Å². The summed E-state index contributed by atoms with van der Waals surface area (Å²) in [6, 6.07) is 6.11. The third kappa shape index (κ3) is 2.78. The van der Waals surface area contributed by atoms with Crippen LogP contribution in [0.3, 0.4) is 0 Å². The number of amides is 1. The minimum atomic E-state index is -0.00789. The Kier molecular flexibility index (Phi) is 3.92. The minimum absolute atomic E-state index is 0.00789. The molecule has 3 rings (SSSR count). The number of carbonyl (C=O) groups excluding carboxylic acids is 1. The van der Waals surface area contributed by atoms with Crippen molar-refractivity contribution < 1.29 is 9.53 Å². The predicted octanol–water partition coefficient (Wildman–Crippen LogP) is 3.62. The van der Waals surface area contributed by atoms with Gasteiger partial charge in [-0.1, -0.05) is 24.1 Å². The SMILES string of the molecule is COc1ccc(C)cc1C(C)NC(=O)C1CC2CCC1C2. The molecule has 1 aromatic carbocycles. The maximum atomic E-state index is 12.6. The first-order valence-corrected chi connectivity index (χ1v) is 8.03. The smallest absolute Gasteiger partial charge is 0.223 e. The van der Waals surface area contributed by atoms with Crippen LogP contribution in [0.4, 0.5) is 0 Å². The number of rotatable bonds is 4. The van der Waals surface area contributed by atoms with Gasteiger partial charge in [0.2, 0.25) is 5.91 Å². The normalized spacial score (nSPS) is 28.4. The summed E-state index contributed by atoms with van der Waals surface area (Å²) in [5.74, 6) is 2.75. The van der Waals surface area contributed by atoms with Crippen molar-refractivity contribution in [1.29, 1.82) is 0 Å². The molecule has 0 aliphatic heterocycles. The summed E-state index contributed by atoms with van der Waals surface area (Å²) in [5, 5.41) is 3.21. The molecule has 3 nitrogen and oxygen atoms in total. The van der Waals surface area contributed by atoms with E-state index >= 15 is 0 Å². The van der Waals surface area contributed by atoms with Crippen LogP contribution in [-0.2, 0) is 4.79 Å². The van der Waals surface area contributed by atoms with Gasteiger partial charge in [0, 0.05) is 11.5 Å². The number of nitrogens with one attached hydrogen (secondary N) is 1. The Morgan fingerprint density at radius 3 is 2.76 bits per heavy atom. The van der Waals surface area contributed by atoms with E-state index in [1.165, 1.54) is 24.8 Å². The number of hydrogen-bond acceptors (Lipinski definition) is 2. The van der Waals surface area contributed by atoms with Gasteiger partial charge in [0.25, 0.3) is 0 Å². The molecule has 0 heterocycles. The quantitative estimate of drug-likeness (QED) is 0.918. The van der Waals surface area contributed by atoms with Crippen molar-refractivity contribution in [3.05, 3.63) is 29.3 Å². The summed E-state index contributed by atoms with van der Waals surface area (Å²) < 4.78 is 5.43. The molecule has 4 atom stereocenters. The fourth-order valence-electron chi connectivity index (χ4n) is 4.16. The second-order valence-electron chi connectivity index (χ2n) is 6.76. The van der Waals surface area contributed by atoms with Gasteiger partial charge in [-0.25, -0.2) is 0 Å². The van der Waals surface area contributed by atoms with Crippen molar-refractivity contribution in [2.24, 2.45) is 17.8 Å². The lowest BCUT2D eigenvalue weighted by atomic mass is 9.88. The van der Waals surface area contributed by atoms with E-state index in [-0.39, 0.29) is 17.9 Å². The molecule has 2 saturated carbocycles. The number of ether oxygens (including phenoxy) is 1. The van der Waals surface area contributed by atoms with Gasteiger partial charge in [-0.15, -0.1) is 0 Å². The number of hydrogen-bond donors (Lipinski definition) is 1. The lowest BCUT2D eigenvalue weighted by molar-refractivity contribution is -0.127. The highest BCUT2D eigenvalue weighted by atomic mass is 16.5. The van der Waals surface area contributed by atoms with E-state index in [0.29, 0.717) is 5.92 Å². The molecule has 4 unspecified atom stereocenters. The lowest BCUT2D eigenvalue weighted by Crippen LogP contribution is -2.35. The predicted molar refractivity (Wildman–Crippen MR) is 83.2 cm³/mol. The first-order chi connectivity index (χ1) is 10.1. The zero-order valence-electron chi connectivity index (χ0n) is 13.2. The largest absolute Gasteiger partial charge is 0.496 e. The lowest BCUT2D eigenvalue weighted by Gasteiger charge is -2.24. The highest BCUT2D eigenvalue weighted by molar-refractivity contribution is 5.80. The van der Waals surface area contributed by atoms with Crippen LogP contribution in [0, 0.1) is 24.7 Å². The number of methoxy groups -OCH3 is 1. The van der Waals surface area contributed by atoms with E-state index in [1.54, 1.807) is 7.11 Å². The fourth-order valence-corrected chi connectivity index (χ4v) is 4.16. The van der Waals surface area contributed by atoms with Gasteiger partial charge in [0.1, 0.15) is 5.75 Å². The van der Waals surface area contributed by atoms with Crippen LogP contribution >= 0.6 is 0 Å². The average Bonchev–Trinajstić information content (AvgIpc) is 3.09. The van der Waals surface area contributed by atoms with Gasteiger partial charge in [-0.3, -0.25) is 4.79 Å². The van der Waals surface area contributed by atoms with Gasteiger partial charge in [0.15, 0.2) is 0 Å². The summed E-state index contributed by atoms with van der Waals surface area (Å²) in [4.78, 5) is 12.6. The molecule has 0 saturated heterocycles. The Morgan fingerprint density at radius 2 is 2.14 bits per heavy atom. The first-order valence-electron chi connectivity index (χ1n) is 8.03. The molecule has 21 heavy (non-hydrogen) atoms. The van der Waals surface area contributed by atoms with Crippen molar-refractivity contribution in [2.45, 2.75) is 45.6 Å². The van der Waals surface area contributed by atoms with E-state index in [9.17, 15) is 4.79 Å². The first kappa shape index (κ1) is 14.4. The number of fused-ring (bicyclic) bond motifs is 2. The van der Waals surface area contributed by atoms with E-state index in [1.807, 2.05) is 19.1 Å². The Hall–Kier alpha value is -1.51. The standard InChI is InChI=1S/C18H25NO2/c1-11-4-7-17(21-3)15(8-11)12(2)19-18(20)16-10-13-5-6-14(16)9-13/h4,7-8,12-14,16H,5-6,9-10H2,1-3H3,(H,19,20). The molecule has 0 spiro atoms. The molecular weight excluding hydrogens is 262 g/mol. The third-order valence-electron chi connectivity index (χ3n) is 5.29. The number of benzene rings is 1. The Bertz CT molecular complexity index is 540. The Labute approximate surface area is 127 Å². The number of carbonyl (C=O) groups is 1. The molecule has 0 aromatic heterocycles. The summed E-state index contributed by atoms with van der Waals surface area (Å²) in [5.41, 5.74) is 2.25. The van der Waals surface area contributed by atoms with E-state index < -0.39 is 0 Å². The molecule has 2 aliphatic rings. The number of aryl methyl sites for hydroxylation is 1. The van der Waals surface area contributed by atoms with Gasteiger partial charge in [0.05, 0.1) is 13.2 Å². The molecule has 1 N–H and O–H groups in total. The summed E-state index contributed by atoms with van der Waals surface area (Å²) >= 11 is 0. The van der Waals surface area contributed by atoms with Crippen molar-refractivity contribution >= 4 is 5.91 Å². The topological polar surface area (TPSA) is 38.3 Å². The molecule has 1 amide bonds. The second kappa shape index (κ2) is 5.70. The third-order valence-corrected chi connectivity index (χ3v) is 5.29. The maximum absolute atomic E-state index is 12.6. The zero-order valence-corrected chi connectivity index (χ0v) is 13.2. The van der Waals surface area contributed by atoms with Crippen LogP contribution < -0.4 is 10.1 Å². The van der Waals surface area contributed by atoms with Gasteiger partial charge in [-0.2, -0.15) is 0 Å². The Morgan fingerprint density at radius 1 is 1.33 bits per heavy atom. The van der Waals surface area contributed by atoms with E-state index in [2.05, 4.69) is 18.3 Å². The van der Waals surface area contributed by atoms with Gasteiger partial charge < -0.3 is 10.1 Å². The average molecular weight is 287 g/mol. The van der Waals surface area contributed by atoms with Crippen LogP contribution in [-0.4, -0.2) is 13.0 Å². The van der Waals surface area contributed by atoms with Crippen LogP contribution in [0.2, 0.25) is 0 Å². The van der Waals surface area contributed by atoms with Crippen LogP contribution in [0.5, 0.6) is 5.75 Å². The monoisotopic (exact) mass is 287 g/mol. The van der Waals surface area contributed by atoms with Crippen LogP contribution in [0.25, 0.3) is 0 Å². The fraction of sp³-hybridized carbons (Fsp3) is 0.611. The highest BCUT2D eigenvalue weighted by Gasteiger charge is 2.43. The van der Waals surface area contributed by atoms with E-state index in [4.69, 9.17) is 4.74 Å². The van der Waals surface area contributed by atoms with Gasteiger partial charge >= 0.3 is 0 Å². The second-order valence-corrected chi connectivity index (χ2v) is 6.76. The molecule has 2 fully saturated rings. The molecular formula is C18H25NO2. The van der Waals surface area contributed by atoms with Gasteiger partial charge in [-0.05, 0) is 51.0 Å². The van der Waals surface area contributed by atoms with Crippen molar-refractivity contribution in [1.82, 2.24) is 5.32 Å². The van der Waals surface area contributed by atoms with Crippen LogP contribution in [0.1, 0.15) is 49.8 Å². The summed E-state index contributed by atoms with van der Waals surface area (Å²) in [6.07, 6.45) is 4.93. The maximum Gasteiger partial charge on any atom is 0.223 e. The molecule has 1 aromatic rings. The molecule has 0 radical (unpaired) electrons. The molecule has 3 heteroatoms. The van der Waals surface area contributed by atoms with Crippen molar-refractivity contribution in [3.63, 3.8) is 0 Å². The molecule has 2 aliphatic carbocycles. The zero-order chi connectivity index (χ0) is 15.0. The molecule has 2 bridgehead atoms. The minimum Gasteiger partial charge on any atom is -0.496 e. The van der Waals surface area contributed by atoms with Crippen molar-refractivity contribution in [2.75, 3.05) is 7.11 Å². The summed E-state index contributed by atoms with van der Waals surface area (Å²) in [6.45, 7) is 4.11. The van der Waals surface area contributed by atoms with Crippen LogP contribution in [0.15, 0.2) is 18.2 Å². The van der Waals surface area contributed by atoms with E-state index in [0.717, 1.165) is 23.7 Å². The summed E-state index contributed by atoms with van der Waals surface area (Å²) in [7, 11) is 1.68. The Balaban J connectivity index is 1.70.